The molecule has 2 rings (SSSR count). The van der Waals surface area contributed by atoms with E-state index in [4.69, 9.17) is 16.3 Å². The van der Waals surface area contributed by atoms with Gasteiger partial charge in [-0.25, -0.2) is 0 Å². The molecule has 0 bridgehead atoms. The highest BCUT2D eigenvalue weighted by molar-refractivity contribution is 6.28. The maximum atomic E-state index is 5.72. The minimum atomic E-state index is 0.0688. The number of rotatable bonds is 4. The van der Waals surface area contributed by atoms with Crippen molar-refractivity contribution in [2.45, 2.75) is 13.5 Å². The van der Waals surface area contributed by atoms with Crippen molar-refractivity contribution in [2.75, 3.05) is 12.4 Å². The highest BCUT2D eigenvalue weighted by Gasteiger charge is 2.05. The highest BCUT2D eigenvalue weighted by Crippen LogP contribution is 2.11. The monoisotopic (exact) mass is 266 g/mol. The van der Waals surface area contributed by atoms with Crippen molar-refractivity contribution in [3.63, 3.8) is 0 Å². The predicted octanol–water partition coefficient (Wildman–Crippen LogP) is 1.24. The van der Waals surface area contributed by atoms with Crippen molar-refractivity contribution < 1.29 is 4.74 Å². The molecule has 18 heavy (non-hydrogen) atoms. The van der Waals surface area contributed by atoms with Crippen LogP contribution in [0.25, 0.3) is 0 Å². The van der Waals surface area contributed by atoms with Gasteiger partial charge in [0.25, 0.3) is 0 Å². The smallest absolute Gasteiger partial charge is 0.322 e. The zero-order valence-corrected chi connectivity index (χ0v) is 10.6. The van der Waals surface area contributed by atoms with Crippen LogP contribution in [0.1, 0.15) is 11.4 Å². The van der Waals surface area contributed by atoms with E-state index in [1.54, 1.807) is 12.4 Å². The summed E-state index contributed by atoms with van der Waals surface area (Å²) in [5.74, 6) is 0.328. The van der Waals surface area contributed by atoms with Crippen LogP contribution < -0.4 is 10.1 Å². The largest absolute Gasteiger partial charge is 0.467 e. The molecule has 0 aliphatic carbocycles. The van der Waals surface area contributed by atoms with Gasteiger partial charge in [0.2, 0.25) is 11.2 Å². The van der Waals surface area contributed by atoms with Gasteiger partial charge in [0.1, 0.15) is 0 Å². The summed E-state index contributed by atoms with van der Waals surface area (Å²) < 4.78 is 4.89. The van der Waals surface area contributed by atoms with Gasteiger partial charge in [0.05, 0.1) is 31.2 Å². The van der Waals surface area contributed by atoms with Gasteiger partial charge in [-0.05, 0) is 18.5 Å². The van der Waals surface area contributed by atoms with Crippen LogP contribution in [-0.4, -0.2) is 32.0 Å². The number of aromatic nitrogens is 5. The molecule has 2 aromatic rings. The molecule has 0 spiro atoms. The van der Waals surface area contributed by atoms with Crippen molar-refractivity contribution in [1.29, 1.82) is 0 Å². The number of methoxy groups -OCH3 is 1. The fraction of sp³-hybridized carbons (Fsp3) is 0.300. The molecule has 0 aliphatic rings. The molecule has 7 nitrogen and oxygen atoms in total. The SMILES string of the molecule is COc1nc(Cl)nc(NCc2cnc(C)cn2)n1. The fourth-order valence-corrected chi connectivity index (χ4v) is 1.33. The zero-order chi connectivity index (χ0) is 13.0. The Kier molecular flexibility index (Phi) is 3.83. The maximum absolute atomic E-state index is 5.72. The van der Waals surface area contributed by atoms with Gasteiger partial charge in [-0.15, -0.1) is 0 Å². The average molecular weight is 267 g/mol. The number of ether oxygens (including phenoxy) is 1. The molecule has 0 saturated carbocycles. The molecule has 2 aromatic heterocycles. The number of hydrogen-bond acceptors (Lipinski definition) is 7. The molecule has 0 atom stereocenters. The molecule has 0 fully saturated rings. The lowest BCUT2D eigenvalue weighted by Crippen LogP contribution is -2.07. The summed E-state index contributed by atoms with van der Waals surface area (Å²) in [6.45, 7) is 2.32. The minimum absolute atomic E-state index is 0.0688. The van der Waals surface area contributed by atoms with E-state index in [0.29, 0.717) is 12.5 Å². The van der Waals surface area contributed by atoms with E-state index in [2.05, 4.69) is 30.2 Å². The summed E-state index contributed by atoms with van der Waals surface area (Å²) >= 11 is 5.72. The molecular formula is C10H11ClN6O. The van der Waals surface area contributed by atoms with Crippen LogP contribution in [0, 0.1) is 6.92 Å². The van der Waals surface area contributed by atoms with E-state index < -0.39 is 0 Å². The van der Waals surface area contributed by atoms with E-state index in [9.17, 15) is 0 Å². The summed E-state index contributed by atoms with van der Waals surface area (Å²) in [5.41, 5.74) is 1.64. The predicted molar refractivity (Wildman–Crippen MR) is 65.5 cm³/mol. The number of aryl methyl sites for hydroxylation is 1. The van der Waals surface area contributed by atoms with Crippen LogP contribution in [0.15, 0.2) is 12.4 Å². The lowest BCUT2D eigenvalue weighted by Gasteiger charge is -2.05. The van der Waals surface area contributed by atoms with Crippen molar-refractivity contribution in [1.82, 2.24) is 24.9 Å². The summed E-state index contributed by atoms with van der Waals surface area (Å²) in [5, 5.41) is 3.04. The highest BCUT2D eigenvalue weighted by atomic mass is 35.5. The van der Waals surface area contributed by atoms with E-state index >= 15 is 0 Å². The fourth-order valence-electron chi connectivity index (χ4n) is 1.18. The van der Waals surface area contributed by atoms with Crippen molar-refractivity contribution in [3.8, 4) is 6.01 Å². The Labute approximate surface area is 109 Å². The molecule has 1 N–H and O–H groups in total. The Bertz CT molecular complexity index is 532. The molecule has 0 aromatic carbocycles. The third-order valence-electron chi connectivity index (χ3n) is 2.03. The quantitative estimate of drug-likeness (QED) is 0.891. The van der Waals surface area contributed by atoms with Crippen LogP contribution in [0.3, 0.4) is 0 Å². The van der Waals surface area contributed by atoms with Crippen LogP contribution in [0.5, 0.6) is 6.01 Å². The Morgan fingerprint density at radius 2 is 2.06 bits per heavy atom. The summed E-state index contributed by atoms with van der Waals surface area (Å²) in [6.07, 6.45) is 3.38. The number of nitrogens with one attached hydrogen (secondary N) is 1. The lowest BCUT2D eigenvalue weighted by molar-refractivity contribution is 0.379. The number of halogens is 1. The van der Waals surface area contributed by atoms with Gasteiger partial charge < -0.3 is 10.1 Å². The Morgan fingerprint density at radius 3 is 2.72 bits per heavy atom. The summed E-state index contributed by atoms with van der Waals surface area (Å²) in [4.78, 5) is 20.0. The van der Waals surface area contributed by atoms with Crippen molar-refractivity contribution in [3.05, 3.63) is 29.1 Å². The van der Waals surface area contributed by atoms with Crippen LogP contribution in [0.2, 0.25) is 5.28 Å². The number of anilines is 1. The molecular weight excluding hydrogens is 256 g/mol. The molecule has 0 amide bonds. The summed E-state index contributed by atoms with van der Waals surface area (Å²) in [7, 11) is 1.46. The molecule has 8 heteroatoms. The molecule has 0 aliphatic heterocycles. The first-order valence-electron chi connectivity index (χ1n) is 5.14. The molecule has 94 valence electrons. The van der Waals surface area contributed by atoms with E-state index in [1.165, 1.54) is 7.11 Å². The van der Waals surface area contributed by atoms with Gasteiger partial charge in [0.15, 0.2) is 0 Å². The van der Waals surface area contributed by atoms with Gasteiger partial charge in [-0.3, -0.25) is 9.97 Å². The third kappa shape index (κ3) is 3.24. The van der Waals surface area contributed by atoms with Crippen LogP contribution in [0.4, 0.5) is 5.95 Å². The van der Waals surface area contributed by atoms with Crippen LogP contribution in [-0.2, 0) is 6.54 Å². The van der Waals surface area contributed by atoms with Gasteiger partial charge >= 0.3 is 6.01 Å². The van der Waals surface area contributed by atoms with Gasteiger partial charge in [0, 0.05) is 6.20 Å². The second-order valence-corrected chi connectivity index (χ2v) is 3.76. The number of nitrogens with zero attached hydrogens (tertiary/aromatic N) is 5. The Balaban J connectivity index is 2.05. The maximum Gasteiger partial charge on any atom is 0.322 e. The summed E-state index contributed by atoms with van der Waals surface area (Å²) in [6, 6.07) is 0.160. The Morgan fingerprint density at radius 1 is 1.22 bits per heavy atom. The first-order valence-corrected chi connectivity index (χ1v) is 5.52. The second-order valence-electron chi connectivity index (χ2n) is 3.42. The molecule has 0 unspecified atom stereocenters. The van der Waals surface area contributed by atoms with Crippen molar-refractivity contribution >= 4 is 17.5 Å². The van der Waals surface area contributed by atoms with Gasteiger partial charge in [-0.2, -0.15) is 15.0 Å². The molecule has 0 saturated heterocycles. The normalized spacial score (nSPS) is 10.2. The zero-order valence-electron chi connectivity index (χ0n) is 9.88. The average Bonchev–Trinajstić information content (AvgIpc) is 2.37. The first-order chi connectivity index (χ1) is 8.67. The van der Waals surface area contributed by atoms with E-state index in [0.717, 1.165) is 11.4 Å². The van der Waals surface area contributed by atoms with E-state index in [-0.39, 0.29) is 11.3 Å². The number of hydrogen-bond donors (Lipinski definition) is 1. The lowest BCUT2D eigenvalue weighted by atomic mass is 10.4. The molecule has 0 radical (unpaired) electrons. The van der Waals surface area contributed by atoms with Gasteiger partial charge in [-0.1, -0.05) is 0 Å². The standard InChI is InChI=1S/C10H11ClN6O/c1-6-3-13-7(4-12-6)5-14-9-15-8(11)16-10(17-9)18-2/h3-4H,5H2,1-2H3,(H,14,15,16,17). The van der Waals surface area contributed by atoms with Crippen molar-refractivity contribution in [2.24, 2.45) is 0 Å². The minimum Gasteiger partial charge on any atom is -0.467 e. The van der Waals surface area contributed by atoms with Crippen LogP contribution >= 0.6 is 11.6 Å². The first kappa shape index (κ1) is 12.4. The second kappa shape index (κ2) is 5.54. The Hall–Kier alpha value is -2.02. The van der Waals surface area contributed by atoms with E-state index in [1.807, 2.05) is 6.92 Å². The molecule has 2 heterocycles. The third-order valence-corrected chi connectivity index (χ3v) is 2.20. The topological polar surface area (TPSA) is 85.7 Å².